The minimum Gasteiger partial charge on any atom is -0.480 e. The van der Waals surface area contributed by atoms with Crippen molar-refractivity contribution in [3.05, 3.63) is 27.5 Å². The summed E-state index contributed by atoms with van der Waals surface area (Å²) in [5.41, 5.74) is -0.405. The topological polar surface area (TPSA) is 55.1 Å². The lowest BCUT2D eigenvalue weighted by atomic mass is 10.1. The molecule has 1 aromatic heterocycles. The molecular formula is C10H6F3IN2O2. The molecule has 0 saturated carbocycles. The molecule has 0 fully saturated rings. The number of carboxylic acids is 1. The number of rotatable bonds is 2. The summed E-state index contributed by atoms with van der Waals surface area (Å²) in [5, 5.41) is 12.9. The number of aliphatic carboxylic acids is 1. The summed E-state index contributed by atoms with van der Waals surface area (Å²) in [7, 11) is 0. The Bertz CT molecular complexity index is 621. The van der Waals surface area contributed by atoms with Gasteiger partial charge in [0, 0.05) is 5.39 Å². The van der Waals surface area contributed by atoms with Gasteiger partial charge < -0.3 is 5.11 Å². The van der Waals surface area contributed by atoms with E-state index in [1.165, 1.54) is 10.7 Å². The van der Waals surface area contributed by atoms with Gasteiger partial charge in [-0.1, -0.05) is 0 Å². The van der Waals surface area contributed by atoms with Crippen LogP contribution in [0.4, 0.5) is 13.2 Å². The molecular weight excluding hydrogens is 364 g/mol. The van der Waals surface area contributed by atoms with E-state index in [9.17, 15) is 18.0 Å². The number of fused-ring (bicyclic) bond motifs is 1. The van der Waals surface area contributed by atoms with Crippen molar-refractivity contribution in [2.75, 3.05) is 0 Å². The summed E-state index contributed by atoms with van der Waals surface area (Å²) in [5.74, 6) is -1.10. The Labute approximate surface area is 113 Å². The summed E-state index contributed by atoms with van der Waals surface area (Å²) in [6.45, 7) is -0.384. The molecule has 0 aliphatic heterocycles. The number of carboxylic acid groups (broad SMARTS) is 1. The zero-order valence-corrected chi connectivity index (χ0v) is 10.9. The first-order valence-corrected chi connectivity index (χ1v) is 5.82. The first kappa shape index (κ1) is 13.1. The molecule has 1 aromatic carbocycles. The second-order valence-corrected chi connectivity index (χ2v) is 4.59. The van der Waals surface area contributed by atoms with Crippen LogP contribution < -0.4 is 0 Å². The fraction of sp³-hybridized carbons (Fsp3) is 0.200. The number of aromatic nitrogens is 2. The van der Waals surface area contributed by atoms with Gasteiger partial charge in [-0.15, -0.1) is 0 Å². The van der Waals surface area contributed by atoms with Crippen LogP contribution >= 0.6 is 22.6 Å². The molecule has 0 aliphatic rings. The van der Waals surface area contributed by atoms with Gasteiger partial charge in [-0.05, 0) is 40.8 Å². The minimum absolute atomic E-state index is 0.298. The van der Waals surface area contributed by atoms with Gasteiger partial charge in [0.2, 0.25) is 0 Å². The number of hydrogen-bond donors (Lipinski definition) is 1. The van der Waals surface area contributed by atoms with E-state index in [1.807, 2.05) is 0 Å². The molecule has 96 valence electrons. The Hall–Kier alpha value is -1.32. The summed E-state index contributed by atoms with van der Waals surface area (Å²) >= 11 is 1.78. The Morgan fingerprint density at radius 1 is 1.44 bits per heavy atom. The minimum atomic E-state index is -4.42. The van der Waals surface area contributed by atoms with Crippen molar-refractivity contribution in [1.82, 2.24) is 9.78 Å². The second-order valence-electron chi connectivity index (χ2n) is 3.57. The predicted molar refractivity (Wildman–Crippen MR) is 65.1 cm³/mol. The highest BCUT2D eigenvalue weighted by atomic mass is 127. The van der Waals surface area contributed by atoms with Gasteiger partial charge in [-0.25, -0.2) is 0 Å². The van der Waals surface area contributed by atoms with Crippen LogP contribution in [0.1, 0.15) is 5.56 Å². The predicted octanol–water partition coefficient (Wildman–Crippen LogP) is 2.74. The van der Waals surface area contributed by atoms with Gasteiger partial charge in [0.05, 0.1) is 11.1 Å². The second kappa shape index (κ2) is 4.41. The SMILES string of the molecule is O=C(O)Cn1nc(I)c2cc(C(F)(F)F)ccc21. The first-order chi connectivity index (χ1) is 8.29. The molecule has 0 unspecified atom stereocenters. The highest BCUT2D eigenvalue weighted by molar-refractivity contribution is 14.1. The zero-order valence-electron chi connectivity index (χ0n) is 8.70. The molecule has 0 atom stereocenters. The molecule has 0 saturated heterocycles. The summed E-state index contributed by atoms with van der Waals surface area (Å²) in [4.78, 5) is 10.6. The molecule has 1 heterocycles. The Balaban J connectivity index is 2.59. The van der Waals surface area contributed by atoms with Gasteiger partial charge >= 0.3 is 12.1 Å². The molecule has 0 spiro atoms. The molecule has 0 amide bonds. The van der Waals surface area contributed by atoms with Gasteiger partial charge in [0.25, 0.3) is 0 Å². The van der Waals surface area contributed by atoms with Crippen LogP contribution in [0.15, 0.2) is 18.2 Å². The first-order valence-electron chi connectivity index (χ1n) is 4.74. The van der Waals surface area contributed by atoms with Crippen molar-refractivity contribution in [3.63, 3.8) is 0 Å². The Morgan fingerprint density at radius 3 is 2.67 bits per heavy atom. The van der Waals surface area contributed by atoms with E-state index < -0.39 is 17.7 Å². The molecule has 0 aliphatic carbocycles. The zero-order chi connectivity index (χ0) is 13.5. The quantitative estimate of drug-likeness (QED) is 0.828. The highest BCUT2D eigenvalue weighted by Crippen LogP contribution is 2.32. The summed E-state index contributed by atoms with van der Waals surface area (Å²) < 4.78 is 39.1. The lowest BCUT2D eigenvalue weighted by Gasteiger charge is -2.06. The van der Waals surface area contributed by atoms with Crippen molar-refractivity contribution < 1.29 is 23.1 Å². The molecule has 2 rings (SSSR count). The largest absolute Gasteiger partial charge is 0.480 e. The smallest absolute Gasteiger partial charge is 0.416 e. The number of halogens is 4. The van der Waals surface area contributed by atoms with Gasteiger partial charge in [0.15, 0.2) is 0 Å². The average Bonchev–Trinajstić information content (AvgIpc) is 2.53. The van der Waals surface area contributed by atoms with Crippen molar-refractivity contribution in [3.8, 4) is 0 Å². The van der Waals surface area contributed by atoms with Gasteiger partial charge in [-0.2, -0.15) is 18.3 Å². The van der Waals surface area contributed by atoms with E-state index in [4.69, 9.17) is 5.11 Å². The standard InChI is InChI=1S/C10H6F3IN2O2/c11-10(12,13)5-1-2-7-6(3-5)9(14)15-16(7)4-8(17)18/h1-3H,4H2,(H,17,18). The third-order valence-corrected chi connectivity index (χ3v) is 3.11. The van der Waals surface area contributed by atoms with Crippen LogP contribution in [0.25, 0.3) is 10.9 Å². The number of carbonyl (C=O) groups is 1. The normalized spacial score (nSPS) is 12.0. The molecule has 18 heavy (non-hydrogen) atoms. The molecule has 4 nitrogen and oxygen atoms in total. The van der Waals surface area contributed by atoms with E-state index in [0.717, 1.165) is 12.1 Å². The van der Waals surface area contributed by atoms with Crippen LogP contribution in [0, 0.1) is 3.70 Å². The highest BCUT2D eigenvalue weighted by Gasteiger charge is 2.31. The van der Waals surface area contributed by atoms with Crippen molar-refractivity contribution in [1.29, 1.82) is 0 Å². The van der Waals surface area contributed by atoms with Crippen LogP contribution in [0.5, 0.6) is 0 Å². The molecule has 2 aromatic rings. The summed E-state index contributed by atoms with van der Waals surface area (Å²) in [6.07, 6.45) is -4.42. The number of benzene rings is 1. The number of nitrogens with zero attached hydrogens (tertiary/aromatic N) is 2. The van der Waals surface area contributed by atoms with Crippen LogP contribution in [-0.2, 0) is 17.5 Å². The third kappa shape index (κ3) is 2.42. The van der Waals surface area contributed by atoms with Crippen LogP contribution in [0.3, 0.4) is 0 Å². The molecule has 8 heteroatoms. The van der Waals surface area contributed by atoms with Gasteiger partial charge in [0.1, 0.15) is 10.2 Å². The van der Waals surface area contributed by atoms with Crippen molar-refractivity contribution in [2.45, 2.75) is 12.7 Å². The lowest BCUT2D eigenvalue weighted by molar-refractivity contribution is -0.138. The molecule has 0 bridgehead atoms. The Morgan fingerprint density at radius 2 is 2.11 bits per heavy atom. The van der Waals surface area contributed by atoms with Crippen LogP contribution in [-0.4, -0.2) is 20.9 Å². The average molecular weight is 370 g/mol. The summed E-state index contributed by atoms with van der Waals surface area (Å²) in [6, 6.07) is 3.12. The molecule has 0 radical (unpaired) electrons. The third-order valence-electron chi connectivity index (χ3n) is 2.32. The van der Waals surface area contributed by atoms with Gasteiger partial charge in [-0.3, -0.25) is 9.48 Å². The maximum absolute atomic E-state index is 12.5. The number of alkyl halides is 3. The van der Waals surface area contributed by atoms with E-state index >= 15 is 0 Å². The fourth-order valence-corrected chi connectivity index (χ4v) is 2.26. The van der Waals surface area contributed by atoms with E-state index in [0.29, 0.717) is 14.6 Å². The lowest BCUT2D eigenvalue weighted by Crippen LogP contribution is -2.10. The monoisotopic (exact) mass is 370 g/mol. The number of hydrogen-bond acceptors (Lipinski definition) is 2. The van der Waals surface area contributed by atoms with E-state index in [2.05, 4.69) is 5.10 Å². The molecule has 1 N–H and O–H groups in total. The van der Waals surface area contributed by atoms with E-state index in [1.54, 1.807) is 22.6 Å². The van der Waals surface area contributed by atoms with Crippen molar-refractivity contribution >= 4 is 39.5 Å². The Kier molecular flexibility index (Phi) is 3.21. The maximum atomic E-state index is 12.5. The van der Waals surface area contributed by atoms with E-state index in [-0.39, 0.29) is 6.54 Å². The fourth-order valence-electron chi connectivity index (χ4n) is 1.57. The van der Waals surface area contributed by atoms with Crippen LogP contribution in [0.2, 0.25) is 0 Å². The van der Waals surface area contributed by atoms with Crippen molar-refractivity contribution in [2.24, 2.45) is 0 Å². The maximum Gasteiger partial charge on any atom is 0.416 e.